The summed E-state index contributed by atoms with van der Waals surface area (Å²) in [6.07, 6.45) is 5.77. The normalized spacial score (nSPS) is 14.6. The van der Waals surface area contributed by atoms with Gasteiger partial charge in [0.15, 0.2) is 0 Å². The van der Waals surface area contributed by atoms with Crippen molar-refractivity contribution in [3.63, 3.8) is 0 Å². The van der Waals surface area contributed by atoms with Crippen molar-refractivity contribution in [2.45, 2.75) is 39.2 Å². The van der Waals surface area contributed by atoms with E-state index >= 15 is 0 Å². The molecule has 0 atom stereocenters. The Bertz CT molecular complexity index is 489. The first-order chi connectivity index (χ1) is 7.65. The van der Waals surface area contributed by atoms with E-state index in [9.17, 15) is 9.59 Å². The molecule has 0 radical (unpaired) electrons. The van der Waals surface area contributed by atoms with Gasteiger partial charge in [-0.2, -0.15) is 0 Å². The average Bonchev–Trinajstić information content (AvgIpc) is 2.27. The van der Waals surface area contributed by atoms with Crippen molar-refractivity contribution in [1.29, 1.82) is 0 Å². The Morgan fingerprint density at radius 3 is 2.75 bits per heavy atom. The molecule has 0 bridgehead atoms. The summed E-state index contributed by atoms with van der Waals surface area (Å²) in [5, 5.41) is 0. The van der Waals surface area contributed by atoms with E-state index < -0.39 is 5.91 Å². The molecule has 16 heavy (non-hydrogen) atoms. The molecule has 0 unspecified atom stereocenters. The lowest BCUT2D eigenvalue weighted by Crippen LogP contribution is -2.33. The first-order valence-electron chi connectivity index (χ1n) is 5.70. The van der Waals surface area contributed by atoms with Gasteiger partial charge in [-0.3, -0.25) is 9.59 Å². The van der Waals surface area contributed by atoms with E-state index in [2.05, 4.69) is 0 Å². The maximum atomic E-state index is 12.0. The van der Waals surface area contributed by atoms with Crippen LogP contribution in [0, 0.1) is 0 Å². The Labute approximate surface area is 94.1 Å². The van der Waals surface area contributed by atoms with E-state index in [0.717, 1.165) is 36.8 Å². The Morgan fingerprint density at radius 1 is 1.44 bits per heavy atom. The number of nitrogens with zero attached hydrogens (tertiary/aromatic N) is 1. The number of aryl methyl sites for hydroxylation is 2. The molecule has 0 spiro atoms. The molecule has 0 aromatic carbocycles. The lowest BCUT2D eigenvalue weighted by atomic mass is 9.89. The fourth-order valence-electron chi connectivity index (χ4n) is 2.37. The van der Waals surface area contributed by atoms with E-state index in [0.29, 0.717) is 6.54 Å². The average molecular weight is 220 g/mol. The van der Waals surface area contributed by atoms with Crippen molar-refractivity contribution in [2.24, 2.45) is 5.73 Å². The number of hydrogen-bond acceptors (Lipinski definition) is 2. The van der Waals surface area contributed by atoms with Gasteiger partial charge in [-0.05, 0) is 43.7 Å². The lowest BCUT2D eigenvalue weighted by molar-refractivity contribution is 0.0997. The highest BCUT2D eigenvalue weighted by Gasteiger charge is 2.21. The summed E-state index contributed by atoms with van der Waals surface area (Å²) in [5.74, 6) is -0.592. The largest absolute Gasteiger partial charge is 0.365 e. The number of nitrogens with two attached hydrogens (primary N) is 1. The summed E-state index contributed by atoms with van der Waals surface area (Å²) in [5.41, 5.74) is 7.27. The smallest absolute Gasteiger partial charge is 0.263 e. The SMILES string of the molecule is CCn1cc2c(c(C(N)=O)c1=O)CCCC2. The summed E-state index contributed by atoms with van der Waals surface area (Å²) >= 11 is 0. The van der Waals surface area contributed by atoms with E-state index in [1.165, 1.54) is 0 Å². The first kappa shape index (κ1) is 10.9. The molecule has 1 heterocycles. The van der Waals surface area contributed by atoms with Crippen LogP contribution >= 0.6 is 0 Å². The van der Waals surface area contributed by atoms with Crippen LogP contribution in [0.5, 0.6) is 0 Å². The van der Waals surface area contributed by atoms with E-state index in [1.807, 2.05) is 13.1 Å². The van der Waals surface area contributed by atoms with Crippen molar-refractivity contribution in [1.82, 2.24) is 4.57 Å². The van der Waals surface area contributed by atoms with Crippen molar-refractivity contribution < 1.29 is 4.79 Å². The zero-order valence-electron chi connectivity index (χ0n) is 9.45. The molecule has 0 fully saturated rings. The molecule has 1 aliphatic carbocycles. The number of aromatic nitrogens is 1. The predicted molar refractivity (Wildman–Crippen MR) is 61.5 cm³/mol. The number of rotatable bonds is 2. The topological polar surface area (TPSA) is 65.1 Å². The third kappa shape index (κ3) is 1.64. The lowest BCUT2D eigenvalue weighted by Gasteiger charge is -2.19. The molecule has 0 aliphatic heterocycles. The second-order valence-corrected chi connectivity index (χ2v) is 4.17. The van der Waals surface area contributed by atoms with Gasteiger partial charge in [0, 0.05) is 12.7 Å². The summed E-state index contributed by atoms with van der Waals surface area (Å²) in [4.78, 5) is 23.3. The molecule has 1 aromatic heterocycles. The zero-order chi connectivity index (χ0) is 11.7. The van der Waals surface area contributed by atoms with Crippen molar-refractivity contribution >= 4 is 5.91 Å². The Morgan fingerprint density at radius 2 is 2.12 bits per heavy atom. The van der Waals surface area contributed by atoms with Crippen molar-refractivity contribution in [3.05, 3.63) is 33.2 Å². The van der Waals surface area contributed by atoms with Crippen molar-refractivity contribution in [3.8, 4) is 0 Å². The fourth-order valence-corrected chi connectivity index (χ4v) is 2.37. The maximum absolute atomic E-state index is 12.0. The minimum absolute atomic E-state index is 0.207. The van der Waals surface area contributed by atoms with Gasteiger partial charge < -0.3 is 10.3 Å². The fraction of sp³-hybridized carbons (Fsp3) is 0.500. The highest BCUT2D eigenvalue weighted by molar-refractivity contribution is 5.94. The number of carbonyl (C=O) groups is 1. The number of hydrogen-bond donors (Lipinski definition) is 1. The molecule has 0 saturated heterocycles. The zero-order valence-corrected chi connectivity index (χ0v) is 9.45. The molecule has 1 amide bonds. The van der Waals surface area contributed by atoms with Crippen LogP contribution in [0.4, 0.5) is 0 Å². The van der Waals surface area contributed by atoms with Gasteiger partial charge in [-0.15, -0.1) is 0 Å². The molecule has 4 heteroatoms. The molecule has 86 valence electrons. The van der Waals surface area contributed by atoms with Crippen LogP contribution in [0.3, 0.4) is 0 Å². The number of fused-ring (bicyclic) bond motifs is 1. The van der Waals surface area contributed by atoms with Crippen molar-refractivity contribution in [2.75, 3.05) is 0 Å². The van der Waals surface area contributed by atoms with Crippen LogP contribution in [-0.4, -0.2) is 10.5 Å². The quantitative estimate of drug-likeness (QED) is 0.802. The summed E-state index contributed by atoms with van der Waals surface area (Å²) in [6.45, 7) is 2.47. The van der Waals surface area contributed by atoms with Crippen LogP contribution in [-0.2, 0) is 19.4 Å². The van der Waals surface area contributed by atoms with E-state index in [4.69, 9.17) is 5.73 Å². The molecule has 1 aliphatic rings. The standard InChI is InChI=1S/C12H16N2O2/c1-2-14-7-8-5-3-4-6-9(8)10(11(13)15)12(14)16/h7H,2-6H2,1H3,(H2,13,15). The van der Waals surface area contributed by atoms with E-state index in [-0.39, 0.29) is 11.1 Å². The molecular weight excluding hydrogens is 204 g/mol. The van der Waals surface area contributed by atoms with Crippen LogP contribution in [0.25, 0.3) is 0 Å². The summed E-state index contributed by atoms with van der Waals surface area (Å²) in [7, 11) is 0. The minimum Gasteiger partial charge on any atom is -0.365 e. The monoisotopic (exact) mass is 220 g/mol. The molecule has 1 aromatic rings. The van der Waals surface area contributed by atoms with Gasteiger partial charge in [-0.1, -0.05) is 0 Å². The third-order valence-electron chi connectivity index (χ3n) is 3.19. The van der Waals surface area contributed by atoms with Gasteiger partial charge in [-0.25, -0.2) is 0 Å². The van der Waals surface area contributed by atoms with Crippen LogP contribution < -0.4 is 11.3 Å². The molecule has 2 rings (SSSR count). The van der Waals surface area contributed by atoms with Gasteiger partial charge >= 0.3 is 0 Å². The summed E-state index contributed by atoms with van der Waals surface area (Å²) in [6, 6.07) is 0. The second kappa shape index (κ2) is 4.12. The summed E-state index contributed by atoms with van der Waals surface area (Å²) < 4.78 is 1.57. The van der Waals surface area contributed by atoms with E-state index in [1.54, 1.807) is 4.57 Å². The van der Waals surface area contributed by atoms with Gasteiger partial charge in [0.25, 0.3) is 11.5 Å². The van der Waals surface area contributed by atoms with Gasteiger partial charge in [0.1, 0.15) is 5.56 Å². The first-order valence-corrected chi connectivity index (χ1v) is 5.70. The highest BCUT2D eigenvalue weighted by atomic mass is 16.2. The highest BCUT2D eigenvalue weighted by Crippen LogP contribution is 2.22. The Kier molecular flexibility index (Phi) is 2.81. The number of amides is 1. The molecule has 4 nitrogen and oxygen atoms in total. The minimum atomic E-state index is -0.592. The van der Waals surface area contributed by atoms with Gasteiger partial charge in [0.05, 0.1) is 0 Å². The van der Waals surface area contributed by atoms with Crippen LogP contribution in [0.2, 0.25) is 0 Å². The maximum Gasteiger partial charge on any atom is 0.263 e. The molecule has 2 N–H and O–H groups in total. The third-order valence-corrected chi connectivity index (χ3v) is 3.19. The predicted octanol–water partition coefficient (Wildman–Crippen LogP) is 0.846. The van der Waals surface area contributed by atoms with Crippen LogP contribution in [0.15, 0.2) is 11.0 Å². The number of primary amides is 1. The van der Waals surface area contributed by atoms with Crippen LogP contribution in [0.1, 0.15) is 41.3 Å². The molecular formula is C12H16N2O2. The Balaban J connectivity index is 2.72. The second-order valence-electron chi connectivity index (χ2n) is 4.17. The Hall–Kier alpha value is -1.58. The van der Waals surface area contributed by atoms with Gasteiger partial charge in [0.2, 0.25) is 0 Å². The number of pyridine rings is 1. The molecule has 0 saturated carbocycles. The number of carbonyl (C=O) groups excluding carboxylic acids is 1.